The highest BCUT2D eigenvalue weighted by molar-refractivity contribution is 5.95. The molecule has 1 fully saturated rings. The lowest BCUT2D eigenvalue weighted by molar-refractivity contribution is 0.0827. The number of carbonyl (C=O) groups is 1. The zero-order valence-electron chi connectivity index (χ0n) is 20.3. The Morgan fingerprint density at radius 3 is 2.59 bits per heavy atom. The molecule has 9 heteroatoms. The largest absolute Gasteiger partial charge is 0.453 e. The van der Waals surface area contributed by atoms with Crippen molar-refractivity contribution >= 4 is 22.7 Å². The first-order chi connectivity index (χ1) is 17.9. The summed E-state index contributed by atoms with van der Waals surface area (Å²) in [5.74, 6) is -1.46. The van der Waals surface area contributed by atoms with E-state index in [1.165, 1.54) is 23.1 Å². The molecule has 7 nitrogen and oxygen atoms in total. The average molecular weight is 503 g/mol. The monoisotopic (exact) mass is 502 g/mol. The molecule has 0 bridgehead atoms. The summed E-state index contributed by atoms with van der Waals surface area (Å²) < 4.78 is 41.3. The number of halogens is 2. The molecule has 4 aromatic rings. The fourth-order valence-electron chi connectivity index (χ4n) is 4.44. The molecule has 0 spiro atoms. The van der Waals surface area contributed by atoms with Gasteiger partial charge in [0.05, 0.1) is 28.6 Å². The van der Waals surface area contributed by atoms with E-state index >= 15 is 4.39 Å². The lowest BCUT2D eigenvalue weighted by Crippen LogP contribution is -2.28. The third-order valence-electron chi connectivity index (χ3n) is 6.39. The van der Waals surface area contributed by atoms with Crippen LogP contribution in [0.25, 0.3) is 33.6 Å². The van der Waals surface area contributed by atoms with Crippen LogP contribution in [0.2, 0.25) is 0 Å². The number of furan rings is 1. The second-order valence-electron chi connectivity index (χ2n) is 9.10. The number of pyridine rings is 1. The molecule has 1 N–H and O–H groups in total. The van der Waals surface area contributed by atoms with Crippen molar-refractivity contribution in [2.45, 2.75) is 18.9 Å². The first-order valence-electron chi connectivity index (χ1n) is 11.8. The molecule has 37 heavy (non-hydrogen) atoms. The maximum atomic E-state index is 15.1. The van der Waals surface area contributed by atoms with Crippen molar-refractivity contribution in [3.63, 3.8) is 0 Å². The molecule has 3 heterocycles. The number of fused-ring (bicyclic) bond motifs is 1. The Morgan fingerprint density at radius 2 is 1.89 bits per heavy atom. The van der Waals surface area contributed by atoms with Crippen LogP contribution in [-0.2, 0) is 4.74 Å². The van der Waals surface area contributed by atoms with Crippen LogP contribution in [0.5, 0.6) is 0 Å². The first-order valence-corrected chi connectivity index (χ1v) is 11.8. The molecule has 0 saturated carbocycles. The fraction of sp³-hybridized carbons (Fsp3) is 0.250. The number of amides is 1. The minimum absolute atomic E-state index is 0.119. The number of hydrogen-bond donors (Lipinski definition) is 1. The maximum absolute atomic E-state index is 15.1. The van der Waals surface area contributed by atoms with E-state index in [4.69, 9.17) is 9.15 Å². The summed E-state index contributed by atoms with van der Waals surface area (Å²) in [5, 5.41) is 13.1. The van der Waals surface area contributed by atoms with E-state index in [1.807, 2.05) is 0 Å². The Labute approximate surface area is 212 Å². The SMILES string of the molecule is CN(C)C(=O)c1ccc(-c2cc3ncc(F)c(-c4ccc(NC5CCOCC5)c(C#N)c4)c3o2)c(F)c1. The third kappa shape index (κ3) is 4.76. The molecule has 1 amide bonds. The minimum atomic E-state index is -0.649. The summed E-state index contributed by atoms with van der Waals surface area (Å²) in [5.41, 5.74) is 2.39. The van der Waals surface area contributed by atoms with Crippen LogP contribution < -0.4 is 5.32 Å². The zero-order chi connectivity index (χ0) is 26.1. The highest BCUT2D eigenvalue weighted by Gasteiger charge is 2.21. The molecule has 0 unspecified atom stereocenters. The van der Waals surface area contributed by atoms with Gasteiger partial charge in [-0.2, -0.15) is 5.26 Å². The van der Waals surface area contributed by atoms with Crippen LogP contribution in [0.3, 0.4) is 0 Å². The standard InChI is InChI=1S/C28H24F2N4O3/c1-34(2)28(35)17-3-5-20(21(29)12-17)25-13-24-27(37-25)26(22(30)15-32-24)16-4-6-23(18(11-16)14-31)33-19-7-9-36-10-8-19/h3-6,11-13,15,19,33H,7-10H2,1-2H3. The van der Waals surface area contributed by atoms with E-state index in [2.05, 4.69) is 16.4 Å². The predicted octanol–water partition coefficient (Wildman–Crippen LogP) is 5.60. The van der Waals surface area contributed by atoms with E-state index in [9.17, 15) is 14.4 Å². The van der Waals surface area contributed by atoms with Gasteiger partial charge in [0.15, 0.2) is 11.4 Å². The molecule has 2 aromatic heterocycles. The number of nitriles is 1. The molecule has 1 saturated heterocycles. The Hall–Kier alpha value is -4.29. The summed E-state index contributed by atoms with van der Waals surface area (Å²) >= 11 is 0. The van der Waals surface area contributed by atoms with Gasteiger partial charge in [0.25, 0.3) is 5.91 Å². The van der Waals surface area contributed by atoms with Gasteiger partial charge in [-0.15, -0.1) is 0 Å². The van der Waals surface area contributed by atoms with Crippen molar-refractivity contribution in [1.29, 1.82) is 5.26 Å². The minimum Gasteiger partial charge on any atom is -0.453 e. The lowest BCUT2D eigenvalue weighted by atomic mass is 10.0. The van der Waals surface area contributed by atoms with E-state index < -0.39 is 11.6 Å². The van der Waals surface area contributed by atoms with Crippen molar-refractivity contribution in [3.05, 3.63) is 71.4 Å². The summed E-state index contributed by atoms with van der Waals surface area (Å²) in [4.78, 5) is 17.6. The van der Waals surface area contributed by atoms with Crippen molar-refractivity contribution in [2.75, 3.05) is 32.6 Å². The number of nitrogens with zero attached hydrogens (tertiary/aromatic N) is 3. The fourth-order valence-corrected chi connectivity index (χ4v) is 4.44. The van der Waals surface area contributed by atoms with Crippen molar-refractivity contribution in [3.8, 4) is 28.5 Å². The summed E-state index contributed by atoms with van der Waals surface area (Å²) in [6, 6.07) is 13.1. The van der Waals surface area contributed by atoms with E-state index in [0.29, 0.717) is 35.5 Å². The van der Waals surface area contributed by atoms with Crippen LogP contribution >= 0.6 is 0 Å². The van der Waals surface area contributed by atoms with Crippen LogP contribution in [0.1, 0.15) is 28.8 Å². The van der Waals surface area contributed by atoms with Crippen LogP contribution in [-0.4, -0.2) is 49.1 Å². The van der Waals surface area contributed by atoms with Gasteiger partial charge < -0.3 is 19.4 Å². The summed E-state index contributed by atoms with van der Waals surface area (Å²) in [6.45, 7) is 1.32. The maximum Gasteiger partial charge on any atom is 0.253 e. The van der Waals surface area contributed by atoms with Crippen molar-refractivity contribution < 1.29 is 22.7 Å². The Morgan fingerprint density at radius 1 is 1.11 bits per heavy atom. The average Bonchev–Trinajstić information content (AvgIpc) is 3.33. The van der Waals surface area contributed by atoms with Gasteiger partial charge in [-0.1, -0.05) is 6.07 Å². The van der Waals surface area contributed by atoms with Crippen molar-refractivity contribution in [1.82, 2.24) is 9.88 Å². The lowest BCUT2D eigenvalue weighted by Gasteiger charge is -2.24. The van der Waals surface area contributed by atoms with E-state index in [1.54, 1.807) is 32.3 Å². The van der Waals surface area contributed by atoms with E-state index in [0.717, 1.165) is 25.1 Å². The number of rotatable bonds is 5. The number of hydrogen-bond acceptors (Lipinski definition) is 6. The van der Waals surface area contributed by atoms with Gasteiger partial charge in [0, 0.05) is 45.0 Å². The number of carbonyl (C=O) groups excluding carboxylic acids is 1. The van der Waals surface area contributed by atoms with Crippen LogP contribution in [0, 0.1) is 23.0 Å². The number of nitrogens with one attached hydrogen (secondary N) is 1. The highest BCUT2D eigenvalue weighted by Crippen LogP contribution is 2.37. The van der Waals surface area contributed by atoms with Gasteiger partial charge in [0.1, 0.15) is 23.2 Å². The van der Waals surface area contributed by atoms with Gasteiger partial charge in [0.2, 0.25) is 0 Å². The second kappa shape index (κ2) is 9.99. The first kappa shape index (κ1) is 24.4. The Bertz CT molecular complexity index is 1530. The topological polar surface area (TPSA) is 91.4 Å². The van der Waals surface area contributed by atoms with Gasteiger partial charge in [-0.3, -0.25) is 4.79 Å². The molecule has 0 radical (unpaired) electrons. The van der Waals surface area contributed by atoms with Crippen molar-refractivity contribution in [2.24, 2.45) is 0 Å². The molecule has 1 aliphatic rings. The van der Waals surface area contributed by atoms with Gasteiger partial charge in [-0.25, -0.2) is 13.8 Å². The molecule has 5 rings (SSSR count). The van der Waals surface area contributed by atoms with Crippen LogP contribution in [0.4, 0.5) is 14.5 Å². The molecule has 188 valence electrons. The molecule has 1 aliphatic heterocycles. The molecular weight excluding hydrogens is 478 g/mol. The molecule has 2 aromatic carbocycles. The predicted molar refractivity (Wildman–Crippen MR) is 135 cm³/mol. The number of ether oxygens (including phenoxy) is 1. The molecule has 0 atom stereocenters. The Kier molecular flexibility index (Phi) is 6.59. The van der Waals surface area contributed by atoms with E-state index in [-0.39, 0.29) is 40.0 Å². The number of aromatic nitrogens is 1. The zero-order valence-corrected chi connectivity index (χ0v) is 20.3. The molecule has 0 aliphatic carbocycles. The number of benzene rings is 2. The molecular formula is C28H24F2N4O3. The summed E-state index contributed by atoms with van der Waals surface area (Å²) in [7, 11) is 3.17. The normalized spacial score (nSPS) is 13.9. The number of anilines is 1. The smallest absolute Gasteiger partial charge is 0.253 e. The van der Waals surface area contributed by atoms with Crippen LogP contribution in [0.15, 0.2) is 53.1 Å². The second-order valence-corrected chi connectivity index (χ2v) is 9.10. The quantitative estimate of drug-likeness (QED) is 0.382. The summed E-state index contributed by atoms with van der Waals surface area (Å²) in [6.07, 6.45) is 2.75. The van der Waals surface area contributed by atoms with Gasteiger partial charge >= 0.3 is 0 Å². The highest BCUT2D eigenvalue weighted by atomic mass is 19.1. The Balaban J connectivity index is 1.53. The van der Waals surface area contributed by atoms with Gasteiger partial charge in [-0.05, 0) is 48.7 Å². The third-order valence-corrected chi connectivity index (χ3v) is 6.39.